The molecule has 0 spiro atoms. The molecule has 2 aromatic rings. The lowest BCUT2D eigenvalue weighted by Crippen LogP contribution is -2.46. The third-order valence-corrected chi connectivity index (χ3v) is 5.92. The van der Waals surface area contributed by atoms with Crippen LogP contribution in [0.1, 0.15) is 65.4 Å². The summed E-state index contributed by atoms with van der Waals surface area (Å²) in [4.78, 5) is 26.5. The Labute approximate surface area is 182 Å². The lowest BCUT2D eigenvalue weighted by Gasteiger charge is -2.32. The predicted octanol–water partition coefficient (Wildman–Crippen LogP) is 3.63. The summed E-state index contributed by atoms with van der Waals surface area (Å²) in [6.45, 7) is 0.915. The van der Waals surface area contributed by atoms with Gasteiger partial charge < -0.3 is 19.8 Å². The van der Waals surface area contributed by atoms with Gasteiger partial charge in [-0.2, -0.15) is 13.2 Å². The molecule has 1 aromatic heterocycles. The molecule has 10 heteroatoms. The number of carbonyl (C=O) groups excluding carboxylic acids is 2. The maximum atomic E-state index is 12.9. The van der Waals surface area contributed by atoms with Gasteiger partial charge in [0.25, 0.3) is 5.91 Å². The molecule has 0 atom stereocenters. The second-order valence-corrected chi connectivity index (χ2v) is 8.37. The maximum Gasteiger partial charge on any atom is 0.419 e. The van der Waals surface area contributed by atoms with Gasteiger partial charge in [-0.1, -0.05) is 11.2 Å². The first kappa shape index (κ1) is 22.2. The first-order valence-electron chi connectivity index (χ1n) is 10.6. The number of aromatic nitrogens is 1. The van der Waals surface area contributed by atoms with Crippen LogP contribution in [0.15, 0.2) is 28.8 Å². The number of phenolic OH excluding ortho intramolecular Hbond substituents is 1. The summed E-state index contributed by atoms with van der Waals surface area (Å²) in [7, 11) is 0. The first-order valence-corrected chi connectivity index (χ1v) is 10.6. The number of nitrogens with one attached hydrogen (secondary N) is 1. The zero-order valence-corrected chi connectivity index (χ0v) is 17.3. The van der Waals surface area contributed by atoms with E-state index in [4.69, 9.17) is 4.52 Å². The first-order chi connectivity index (χ1) is 15.2. The van der Waals surface area contributed by atoms with E-state index in [2.05, 4.69) is 10.5 Å². The quantitative estimate of drug-likeness (QED) is 0.699. The van der Waals surface area contributed by atoms with Crippen molar-refractivity contribution in [3.8, 4) is 5.75 Å². The molecule has 1 saturated heterocycles. The van der Waals surface area contributed by atoms with Crippen LogP contribution in [-0.4, -0.2) is 46.1 Å². The standard InChI is InChI=1S/C22H24F3N3O4/c23-22(24,25)16-11-13(1-5-18(16)29)2-6-20(30)28-9-7-15(8-10-28)26-21(31)17-12-19(32-27-17)14-3-4-14/h1,5,11-12,14-15,29H,2-4,6-10H2,(H,26,31). The average molecular weight is 451 g/mol. The third-order valence-electron chi connectivity index (χ3n) is 5.92. The van der Waals surface area contributed by atoms with Crippen molar-refractivity contribution in [3.63, 3.8) is 0 Å². The van der Waals surface area contributed by atoms with Crippen LogP contribution >= 0.6 is 0 Å². The number of amides is 2. The van der Waals surface area contributed by atoms with Crippen molar-refractivity contribution >= 4 is 11.8 Å². The Morgan fingerprint density at radius 1 is 1.16 bits per heavy atom. The number of nitrogens with zero attached hydrogens (tertiary/aromatic N) is 2. The van der Waals surface area contributed by atoms with Gasteiger partial charge in [-0.05, 0) is 49.8 Å². The average Bonchev–Trinajstić information content (AvgIpc) is 3.49. The largest absolute Gasteiger partial charge is 0.507 e. The van der Waals surface area contributed by atoms with E-state index < -0.39 is 17.5 Å². The molecular weight excluding hydrogens is 427 g/mol. The van der Waals surface area contributed by atoms with Gasteiger partial charge in [0, 0.05) is 37.5 Å². The molecule has 2 heterocycles. The minimum absolute atomic E-state index is 0.0714. The van der Waals surface area contributed by atoms with Crippen LogP contribution in [0.25, 0.3) is 0 Å². The summed E-state index contributed by atoms with van der Waals surface area (Å²) < 4.78 is 44.0. The molecule has 0 bridgehead atoms. The molecule has 0 unspecified atom stereocenters. The van der Waals surface area contributed by atoms with Gasteiger partial charge in [-0.15, -0.1) is 0 Å². The number of likely N-dealkylation sites (tertiary alicyclic amines) is 1. The van der Waals surface area contributed by atoms with E-state index in [0.29, 0.717) is 37.4 Å². The fraction of sp³-hybridized carbons (Fsp3) is 0.500. The van der Waals surface area contributed by atoms with Crippen LogP contribution in [-0.2, 0) is 17.4 Å². The minimum atomic E-state index is -4.65. The number of hydrogen-bond donors (Lipinski definition) is 2. The van der Waals surface area contributed by atoms with Gasteiger partial charge in [0.1, 0.15) is 11.5 Å². The molecule has 2 N–H and O–H groups in total. The fourth-order valence-electron chi connectivity index (χ4n) is 3.86. The van der Waals surface area contributed by atoms with Gasteiger partial charge in [0.2, 0.25) is 5.91 Å². The number of piperidine rings is 1. The molecule has 7 nitrogen and oxygen atoms in total. The van der Waals surface area contributed by atoms with Gasteiger partial charge in [0.05, 0.1) is 5.56 Å². The number of phenols is 1. The van der Waals surface area contributed by atoms with E-state index in [1.54, 1.807) is 11.0 Å². The minimum Gasteiger partial charge on any atom is -0.507 e. The van der Waals surface area contributed by atoms with Crippen molar-refractivity contribution in [2.45, 2.75) is 56.7 Å². The summed E-state index contributed by atoms with van der Waals surface area (Å²) in [5.74, 6) is -0.155. The van der Waals surface area contributed by atoms with Crippen molar-refractivity contribution in [2.24, 2.45) is 0 Å². The van der Waals surface area contributed by atoms with Crippen molar-refractivity contribution in [3.05, 3.63) is 46.8 Å². The lowest BCUT2D eigenvalue weighted by molar-refractivity contribution is -0.138. The number of aromatic hydroxyl groups is 1. The molecule has 1 aliphatic carbocycles. The molecule has 2 amide bonds. The number of benzene rings is 1. The van der Waals surface area contributed by atoms with E-state index in [1.165, 1.54) is 6.07 Å². The Kier molecular flexibility index (Phi) is 6.12. The Hall–Kier alpha value is -3.04. The molecular formula is C22H24F3N3O4. The molecule has 2 aliphatic rings. The van der Waals surface area contributed by atoms with Gasteiger partial charge in [-0.3, -0.25) is 9.59 Å². The highest BCUT2D eigenvalue weighted by Gasteiger charge is 2.34. The Morgan fingerprint density at radius 3 is 2.53 bits per heavy atom. The normalized spacial score (nSPS) is 17.4. The van der Waals surface area contributed by atoms with Crippen molar-refractivity contribution < 1.29 is 32.4 Å². The second-order valence-electron chi connectivity index (χ2n) is 8.37. The molecule has 1 aliphatic heterocycles. The second kappa shape index (κ2) is 8.84. The van der Waals surface area contributed by atoms with Crippen molar-refractivity contribution in [1.82, 2.24) is 15.4 Å². The Morgan fingerprint density at radius 2 is 1.88 bits per heavy atom. The van der Waals surface area contributed by atoms with Gasteiger partial charge >= 0.3 is 6.18 Å². The SMILES string of the molecule is O=C(NC1CCN(C(=O)CCc2ccc(O)c(C(F)(F)F)c2)CC1)c1cc(C2CC2)on1. The molecule has 32 heavy (non-hydrogen) atoms. The number of carbonyl (C=O) groups is 2. The highest BCUT2D eigenvalue weighted by Crippen LogP contribution is 2.40. The smallest absolute Gasteiger partial charge is 0.419 e. The van der Waals surface area contributed by atoms with E-state index in [0.717, 1.165) is 30.7 Å². The molecule has 4 rings (SSSR count). The fourth-order valence-corrected chi connectivity index (χ4v) is 3.86. The van der Waals surface area contributed by atoms with Crippen LogP contribution in [0.4, 0.5) is 13.2 Å². The molecule has 1 saturated carbocycles. The van der Waals surface area contributed by atoms with Crippen LogP contribution in [0.5, 0.6) is 5.75 Å². The highest BCUT2D eigenvalue weighted by atomic mass is 19.4. The van der Waals surface area contributed by atoms with E-state index >= 15 is 0 Å². The van der Waals surface area contributed by atoms with Crippen molar-refractivity contribution in [2.75, 3.05) is 13.1 Å². The van der Waals surface area contributed by atoms with E-state index in [1.807, 2.05) is 0 Å². The van der Waals surface area contributed by atoms with Gasteiger partial charge in [0.15, 0.2) is 5.69 Å². The van der Waals surface area contributed by atoms with Gasteiger partial charge in [-0.25, -0.2) is 0 Å². The topological polar surface area (TPSA) is 95.7 Å². The molecule has 2 fully saturated rings. The number of alkyl halides is 3. The lowest BCUT2D eigenvalue weighted by atomic mass is 10.0. The van der Waals surface area contributed by atoms with Crippen molar-refractivity contribution in [1.29, 1.82) is 0 Å². The molecule has 0 radical (unpaired) electrons. The van der Waals surface area contributed by atoms with E-state index in [9.17, 15) is 27.9 Å². The summed E-state index contributed by atoms with van der Waals surface area (Å²) in [6, 6.07) is 4.86. The molecule has 1 aromatic carbocycles. The zero-order valence-electron chi connectivity index (χ0n) is 17.3. The van der Waals surface area contributed by atoms with Crippen LogP contribution in [0.3, 0.4) is 0 Å². The van der Waals surface area contributed by atoms with Crippen LogP contribution < -0.4 is 5.32 Å². The third kappa shape index (κ3) is 5.23. The molecule has 172 valence electrons. The number of aryl methyl sites for hydroxylation is 1. The number of hydrogen-bond acceptors (Lipinski definition) is 5. The monoisotopic (exact) mass is 451 g/mol. The maximum absolute atomic E-state index is 12.9. The summed E-state index contributed by atoms with van der Waals surface area (Å²) in [5.41, 5.74) is -0.503. The Balaban J connectivity index is 1.23. The summed E-state index contributed by atoms with van der Waals surface area (Å²) in [6.07, 6.45) is -1.15. The van der Waals surface area contributed by atoms with Crippen LogP contribution in [0, 0.1) is 0 Å². The number of halogens is 3. The zero-order chi connectivity index (χ0) is 22.9. The predicted molar refractivity (Wildman–Crippen MR) is 107 cm³/mol. The van der Waals surface area contributed by atoms with E-state index in [-0.39, 0.29) is 36.4 Å². The van der Waals surface area contributed by atoms with Crippen LogP contribution in [0.2, 0.25) is 0 Å². The highest BCUT2D eigenvalue weighted by molar-refractivity contribution is 5.92. The summed E-state index contributed by atoms with van der Waals surface area (Å²) in [5, 5.41) is 16.2. The number of rotatable bonds is 6. The summed E-state index contributed by atoms with van der Waals surface area (Å²) >= 11 is 0. The Bertz CT molecular complexity index is 993.